The number of hydrogen-bond acceptors (Lipinski definition) is 3. The van der Waals surface area contributed by atoms with Crippen LogP contribution in [-0.2, 0) is 4.79 Å². The number of aromatic nitrogens is 1. The van der Waals surface area contributed by atoms with Gasteiger partial charge in [-0.2, -0.15) is 0 Å². The van der Waals surface area contributed by atoms with E-state index in [0.717, 1.165) is 0 Å². The molecule has 102 valence electrons. The van der Waals surface area contributed by atoms with Crippen LogP contribution in [0.1, 0.15) is 17.3 Å². The lowest BCUT2D eigenvalue weighted by Gasteiger charge is -2.07. The maximum Gasteiger partial charge on any atom is 0.258 e. The third-order valence-corrected chi connectivity index (χ3v) is 3.10. The molecule has 0 unspecified atom stereocenters. The fraction of sp³-hybridized carbons (Fsp3) is 0.0714. The van der Waals surface area contributed by atoms with E-state index in [2.05, 4.69) is 31.5 Å². The highest BCUT2D eigenvalue weighted by Gasteiger charge is 2.10. The fourth-order valence-corrected chi connectivity index (χ4v) is 2.02. The Hall–Kier alpha value is -2.21. The average Bonchev–Trinajstić information content (AvgIpc) is 2.41. The lowest BCUT2D eigenvalue weighted by Crippen LogP contribution is -2.13. The van der Waals surface area contributed by atoms with E-state index in [0.29, 0.717) is 21.5 Å². The summed E-state index contributed by atoms with van der Waals surface area (Å²) in [6.07, 6.45) is 1.60. The van der Waals surface area contributed by atoms with Crippen molar-refractivity contribution < 1.29 is 9.59 Å². The summed E-state index contributed by atoms with van der Waals surface area (Å²) in [6, 6.07) is 10.2. The van der Waals surface area contributed by atoms with Gasteiger partial charge in [-0.15, -0.1) is 0 Å². The van der Waals surface area contributed by atoms with Gasteiger partial charge in [0.1, 0.15) is 4.60 Å². The quantitative estimate of drug-likeness (QED) is 0.848. The van der Waals surface area contributed by atoms with Crippen molar-refractivity contribution in [3.8, 4) is 0 Å². The number of carbonyl (C=O) groups excluding carboxylic acids is 2. The molecule has 2 N–H and O–H groups in total. The van der Waals surface area contributed by atoms with Crippen LogP contribution in [0.4, 0.5) is 11.4 Å². The molecule has 0 radical (unpaired) electrons. The van der Waals surface area contributed by atoms with Crippen molar-refractivity contribution in [3.63, 3.8) is 0 Å². The van der Waals surface area contributed by atoms with Gasteiger partial charge in [0.15, 0.2) is 0 Å². The van der Waals surface area contributed by atoms with Gasteiger partial charge in [-0.25, -0.2) is 4.98 Å². The zero-order valence-corrected chi connectivity index (χ0v) is 12.3. The van der Waals surface area contributed by atoms with Crippen LogP contribution in [-0.4, -0.2) is 16.8 Å². The van der Waals surface area contributed by atoms with E-state index in [1.54, 1.807) is 42.6 Å². The number of nitrogens with one attached hydrogen (secondary N) is 2. The van der Waals surface area contributed by atoms with Crippen LogP contribution < -0.4 is 10.6 Å². The number of benzene rings is 1. The first kappa shape index (κ1) is 14.2. The van der Waals surface area contributed by atoms with E-state index in [1.165, 1.54) is 6.92 Å². The molecule has 0 fully saturated rings. The van der Waals surface area contributed by atoms with Crippen molar-refractivity contribution in [3.05, 3.63) is 52.8 Å². The molecule has 1 aromatic carbocycles. The van der Waals surface area contributed by atoms with Gasteiger partial charge < -0.3 is 10.6 Å². The summed E-state index contributed by atoms with van der Waals surface area (Å²) in [7, 11) is 0. The summed E-state index contributed by atoms with van der Waals surface area (Å²) in [5.74, 6) is -0.390. The molecule has 0 aliphatic heterocycles. The van der Waals surface area contributed by atoms with E-state index < -0.39 is 0 Å². The smallest absolute Gasteiger partial charge is 0.258 e. The molecule has 1 aromatic heterocycles. The number of carbonyl (C=O) groups is 2. The van der Waals surface area contributed by atoms with E-state index in [1.807, 2.05) is 0 Å². The van der Waals surface area contributed by atoms with Crippen molar-refractivity contribution >= 4 is 39.1 Å². The van der Waals surface area contributed by atoms with Gasteiger partial charge in [0.2, 0.25) is 5.91 Å². The van der Waals surface area contributed by atoms with E-state index in [4.69, 9.17) is 0 Å². The first-order valence-electron chi connectivity index (χ1n) is 5.86. The predicted octanol–water partition coefficient (Wildman–Crippen LogP) is 3.05. The van der Waals surface area contributed by atoms with Crippen LogP contribution in [0.3, 0.4) is 0 Å². The first-order chi connectivity index (χ1) is 9.56. The van der Waals surface area contributed by atoms with Gasteiger partial charge in [0.05, 0.1) is 5.56 Å². The van der Waals surface area contributed by atoms with Gasteiger partial charge in [-0.1, -0.05) is 0 Å². The maximum atomic E-state index is 12.0. The van der Waals surface area contributed by atoms with Crippen LogP contribution in [0.25, 0.3) is 0 Å². The topological polar surface area (TPSA) is 71.1 Å². The number of pyridine rings is 1. The van der Waals surface area contributed by atoms with E-state index in [-0.39, 0.29) is 11.8 Å². The van der Waals surface area contributed by atoms with Crippen molar-refractivity contribution in [2.24, 2.45) is 0 Å². The molecule has 0 saturated heterocycles. The minimum absolute atomic E-state index is 0.138. The largest absolute Gasteiger partial charge is 0.326 e. The summed E-state index contributed by atoms with van der Waals surface area (Å²) in [5, 5.41) is 5.41. The summed E-state index contributed by atoms with van der Waals surface area (Å²) >= 11 is 3.23. The molecule has 5 nitrogen and oxygen atoms in total. The highest BCUT2D eigenvalue weighted by Crippen LogP contribution is 2.17. The van der Waals surface area contributed by atoms with Crippen LogP contribution in [0.5, 0.6) is 0 Å². The Morgan fingerprint density at radius 1 is 1.05 bits per heavy atom. The number of rotatable bonds is 3. The molecular weight excluding hydrogens is 322 g/mol. The van der Waals surface area contributed by atoms with Crippen LogP contribution in [0, 0.1) is 0 Å². The molecular formula is C14H12BrN3O2. The lowest BCUT2D eigenvalue weighted by molar-refractivity contribution is -0.114. The Morgan fingerprint density at radius 2 is 1.65 bits per heavy atom. The highest BCUT2D eigenvalue weighted by atomic mass is 79.9. The first-order valence-corrected chi connectivity index (χ1v) is 6.65. The van der Waals surface area contributed by atoms with E-state index in [9.17, 15) is 9.59 Å². The van der Waals surface area contributed by atoms with Crippen molar-refractivity contribution in [1.82, 2.24) is 4.98 Å². The average molecular weight is 334 g/mol. The van der Waals surface area contributed by atoms with E-state index >= 15 is 0 Å². The minimum atomic E-state index is -0.253. The molecule has 0 spiro atoms. The molecule has 0 atom stereocenters. The summed E-state index contributed by atoms with van der Waals surface area (Å²) in [4.78, 5) is 26.9. The second kappa shape index (κ2) is 6.29. The molecule has 2 rings (SSSR count). The number of nitrogens with zero attached hydrogens (tertiary/aromatic N) is 1. The van der Waals surface area contributed by atoms with Crippen molar-refractivity contribution in [2.75, 3.05) is 10.6 Å². The van der Waals surface area contributed by atoms with Crippen molar-refractivity contribution in [2.45, 2.75) is 6.92 Å². The summed E-state index contributed by atoms with van der Waals surface area (Å²) in [6.45, 7) is 1.44. The Kier molecular flexibility index (Phi) is 4.47. The third kappa shape index (κ3) is 3.64. The number of anilines is 2. The molecule has 20 heavy (non-hydrogen) atoms. The number of hydrogen-bond donors (Lipinski definition) is 2. The summed E-state index contributed by atoms with van der Waals surface area (Å²) in [5.41, 5.74) is 1.77. The lowest BCUT2D eigenvalue weighted by atomic mass is 10.2. The molecule has 1 heterocycles. The Labute approximate surface area is 124 Å². The van der Waals surface area contributed by atoms with Gasteiger partial charge in [0.25, 0.3) is 5.91 Å². The molecule has 0 saturated carbocycles. The maximum absolute atomic E-state index is 12.0. The van der Waals surface area contributed by atoms with Crippen molar-refractivity contribution in [1.29, 1.82) is 0 Å². The second-order valence-corrected chi connectivity index (χ2v) is 4.81. The minimum Gasteiger partial charge on any atom is -0.326 e. The molecule has 0 aliphatic carbocycles. The zero-order valence-electron chi connectivity index (χ0n) is 10.7. The molecule has 0 aliphatic rings. The molecule has 2 amide bonds. The Bertz CT molecular complexity index is 641. The van der Waals surface area contributed by atoms with Gasteiger partial charge in [0, 0.05) is 24.5 Å². The van der Waals surface area contributed by atoms with Gasteiger partial charge in [-0.3, -0.25) is 9.59 Å². The predicted molar refractivity (Wildman–Crippen MR) is 80.6 cm³/mol. The fourth-order valence-electron chi connectivity index (χ4n) is 1.59. The second-order valence-electron chi connectivity index (χ2n) is 4.05. The number of halogens is 1. The standard InChI is InChI=1S/C14H12BrN3O2/c1-9(19)17-10-4-6-11(7-5-10)18-14(20)12-3-2-8-16-13(12)15/h2-8H,1H3,(H,17,19)(H,18,20). The SMILES string of the molecule is CC(=O)Nc1ccc(NC(=O)c2cccnc2Br)cc1. The van der Waals surface area contributed by atoms with Gasteiger partial charge in [-0.05, 0) is 52.3 Å². The monoisotopic (exact) mass is 333 g/mol. The molecule has 0 bridgehead atoms. The summed E-state index contributed by atoms with van der Waals surface area (Å²) < 4.78 is 0.493. The Balaban J connectivity index is 2.09. The molecule has 6 heteroatoms. The zero-order chi connectivity index (χ0) is 14.5. The number of amides is 2. The van der Waals surface area contributed by atoms with Crippen LogP contribution in [0.15, 0.2) is 47.2 Å². The van der Waals surface area contributed by atoms with Gasteiger partial charge >= 0.3 is 0 Å². The Morgan fingerprint density at radius 3 is 2.20 bits per heavy atom. The molecule has 2 aromatic rings. The van der Waals surface area contributed by atoms with Crippen LogP contribution >= 0.6 is 15.9 Å². The highest BCUT2D eigenvalue weighted by molar-refractivity contribution is 9.10. The normalized spacial score (nSPS) is 9.90. The van der Waals surface area contributed by atoms with Crippen LogP contribution in [0.2, 0.25) is 0 Å². The third-order valence-electron chi connectivity index (χ3n) is 2.47.